The summed E-state index contributed by atoms with van der Waals surface area (Å²) in [5.41, 5.74) is 1.60. The first-order valence-electron chi connectivity index (χ1n) is 7.88. The van der Waals surface area contributed by atoms with Gasteiger partial charge in [0.05, 0.1) is 11.8 Å². The molecule has 0 aromatic carbocycles. The summed E-state index contributed by atoms with van der Waals surface area (Å²) in [5.74, 6) is 0.286. The van der Waals surface area contributed by atoms with Gasteiger partial charge in [-0.1, -0.05) is 0 Å². The van der Waals surface area contributed by atoms with Crippen molar-refractivity contribution in [1.29, 1.82) is 0 Å². The van der Waals surface area contributed by atoms with Crippen LogP contribution in [0, 0.1) is 20.8 Å². The van der Waals surface area contributed by atoms with E-state index in [1.807, 2.05) is 13.8 Å². The van der Waals surface area contributed by atoms with Crippen molar-refractivity contribution in [1.82, 2.24) is 25.5 Å². The molecule has 1 amide bonds. The Kier molecular flexibility index (Phi) is 4.58. The average molecular weight is 361 g/mol. The monoisotopic (exact) mass is 361 g/mol. The van der Waals surface area contributed by atoms with Crippen molar-refractivity contribution >= 4 is 27.5 Å². The number of thiophene rings is 1. The van der Waals surface area contributed by atoms with Crippen LogP contribution in [0.1, 0.15) is 27.5 Å². The summed E-state index contributed by atoms with van der Waals surface area (Å²) in [7, 11) is 0. The fourth-order valence-electron chi connectivity index (χ4n) is 2.65. The van der Waals surface area contributed by atoms with Gasteiger partial charge in [-0.3, -0.25) is 19.5 Å². The Morgan fingerprint density at radius 3 is 2.60 bits per heavy atom. The van der Waals surface area contributed by atoms with Crippen LogP contribution in [-0.2, 0) is 17.6 Å². The summed E-state index contributed by atoms with van der Waals surface area (Å²) >= 11 is 1.49. The van der Waals surface area contributed by atoms with Crippen LogP contribution >= 0.6 is 11.3 Å². The predicted molar refractivity (Wildman–Crippen MR) is 96.3 cm³/mol. The number of nitrogens with zero attached hydrogens (tertiary/aromatic N) is 1. The van der Waals surface area contributed by atoms with E-state index in [9.17, 15) is 14.4 Å². The molecule has 0 aliphatic rings. The number of H-pyrrole nitrogens is 3. The molecule has 9 heteroatoms. The van der Waals surface area contributed by atoms with Crippen molar-refractivity contribution < 1.29 is 4.79 Å². The zero-order valence-electron chi connectivity index (χ0n) is 14.2. The number of nitrogens with one attached hydrogen (secondary N) is 4. The maximum atomic E-state index is 12.2. The summed E-state index contributed by atoms with van der Waals surface area (Å²) < 4.78 is 0. The Bertz CT molecular complexity index is 1060. The van der Waals surface area contributed by atoms with Crippen molar-refractivity contribution in [3.8, 4) is 0 Å². The second kappa shape index (κ2) is 6.67. The van der Waals surface area contributed by atoms with E-state index in [2.05, 4.69) is 25.5 Å². The zero-order valence-corrected chi connectivity index (χ0v) is 15.0. The van der Waals surface area contributed by atoms with E-state index in [1.165, 1.54) is 11.3 Å². The average Bonchev–Trinajstić information content (AvgIpc) is 3.01. The SMILES string of the molecule is Cc1[nH][nH]c(=O)c1CC(=O)NCCc1nc2sc(C)c(C)c2c(=O)[nH]1. The fourth-order valence-corrected chi connectivity index (χ4v) is 3.69. The summed E-state index contributed by atoms with van der Waals surface area (Å²) in [6, 6.07) is 0. The quantitative estimate of drug-likeness (QED) is 0.537. The molecular formula is C16H19N5O3S. The number of aromatic nitrogens is 4. The third-order valence-electron chi connectivity index (χ3n) is 4.20. The van der Waals surface area contributed by atoms with Gasteiger partial charge in [0.2, 0.25) is 5.91 Å². The molecule has 0 saturated carbocycles. The minimum absolute atomic E-state index is 0.0109. The Morgan fingerprint density at radius 2 is 1.92 bits per heavy atom. The summed E-state index contributed by atoms with van der Waals surface area (Å²) in [5, 5.41) is 8.51. The van der Waals surface area contributed by atoms with E-state index >= 15 is 0 Å². The van der Waals surface area contributed by atoms with Gasteiger partial charge < -0.3 is 15.4 Å². The van der Waals surface area contributed by atoms with Gasteiger partial charge in [-0.25, -0.2) is 4.98 Å². The van der Waals surface area contributed by atoms with Crippen LogP contribution in [0.2, 0.25) is 0 Å². The molecular weight excluding hydrogens is 342 g/mol. The van der Waals surface area contributed by atoms with Crippen molar-refractivity contribution in [3.05, 3.63) is 48.2 Å². The molecule has 3 aromatic heterocycles. The second-order valence-corrected chi connectivity index (χ2v) is 7.14. The first-order chi connectivity index (χ1) is 11.9. The molecule has 3 aromatic rings. The van der Waals surface area contributed by atoms with E-state index in [0.29, 0.717) is 35.4 Å². The second-order valence-electron chi connectivity index (χ2n) is 5.94. The lowest BCUT2D eigenvalue weighted by molar-refractivity contribution is -0.120. The fraction of sp³-hybridized carbons (Fsp3) is 0.375. The maximum absolute atomic E-state index is 12.2. The Hall–Kier alpha value is -2.68. The summed E-state index contributed by atoms with van der Waals surface area (Å²) in [6.07, 6.45) is 0.423. The number of hydrogen-bond acceptors (Lipinski definition) is 5. The number of carbonyl (C=O) groups is 1. The highest BCUT2D eigenvalue weighted by atomic mass is 32.1. The van der Waals surface area contributed by atoms with Crippen LogP contribution in [0.5, 0.6) is 0 Å². The number of aromatic amines is 3. The molecule has 0 atom stereocenters. The van der Waals surface area contributed by atoms with Crippen molar-refractivity contribution in [2.24, 2.45) is 0 Å². The van der Waals surface area contributed by atoms with Crippen LogP contribution in [-0.4, -0.2) is 32.6 Å². The van der Waals surface area contributed by atoms with Crippen molar-refractivity contribution in [2.75, 3.05) is 6.54 Å². The normalized spacial score (nSPS) is 11.2. The zero-order chi connectivity index (χ0) is 18.1. The molecule has 25 heavy (non-hydrogen) atoms. The molecule has 132 valence electrons. The number of aryl methyl sites for hydroxylation is 3. The maximum Gasteiger partial charge on any atom is 0.267 e. The third-order valence-corrected chi connectivity index (χ3v) is 5.30. The van der Waals surface area contributed by atoms with E-state index < -0.39 is 0 Å². The van der Waals surface area contributed by atoms with Gasteiger partial charge in [-0.15, -0.1) is 11.3 Å². The van der Waals surface area contributed by atoms with Gasteiger partial charge in [0.1, 0.15) is 10.7 Å². The smallest absolute Gasteiger partial charge is 0.267 e. The molecule has 0 saturated heterocycles. The molecule has 0 bridgehead atoms. The first kappa shape index (κ1) is 17.2. The van der Waals surface area contributed by atoms with Crippen LogP contribution < -0.4 is 16.4 Å². The van der Waals surface area contributed by atoms with Gasteiger partial charge in [0.15, 0.2) is 0 Å². The molecule has 4 N–H and O–H groups in total. The molecule has 0 aliphatic carbocycles. The Balaban J connectivity index is 1.64. The lowest BCUT2D eigenvalue weighted by atomic mass is 10.2. The number of fused-ring (bicyclic) bond motifs is 1. The summed E-state index contributed by atoms with van der Waals surface area (Å²) in [4.78, 5) is 44.7. The van der Waals surface area contributed by atoms with Gasteiger partial charge >= 0.3 is 0 Å². The van der Waals surface area contributed by atoms with Gasteiger partial charge in [0.25, 0.3) is 11.1 Å². The van der Waals surface area contributed by atoms with Crippen LogP contribution in [0.4, 0.5) is 0 Å². The molecule has 0 spiro atoms. The molecule has 3 rings (SSSR count). The lowest BCUT2D eigenvalue weighted by Crippen LogP contribution is -2.29. The lowest BCUT2D eigenvalue weighted by Gasteiger charge is -2.04. The Labute approximate surface area is 146 Å². The van der Waals surface area contributed by atoms with Gasteiger partial charge in [-0.2, -0.15) is 0 Å². The topological polar surface area (TPSA) is 124 Å². The number of carbonyl (C=O) groups excluding carboxylic acids is 1. The summed E-state index contributed by atoms with van der Waals surface area (Å²) in [6.45, 7) is 5.94. The third kappa shape index (κ3) is 3.41. The number of hydrogen-bond donors (Lipinski definition) is 4. The van der Waals surface area contributed by atoms with E-state index in [4.69, 9.17) is 0 Å². The van der Waals surface area contributed by atoms with Gasteiger partial charge in [-0.05, 0) is 26.3 Å². The highest BCUT2D eigenvalue weighted by Crippen LogP contribution is 2.25. The predicted octanol–water partition coefficient (Wildman–Crippen LogP) is 0.828. The number of rotatable bonds is 5. The minimum atomic E-state index is -0.285. The van der Waals surface area contributed by atoms with E-state index in [-0.39, 0.29) is 23.4 Å². The van der Waals surface area contributed by atoms with E-state index in [0.717, 1.165) is 15.3 Å². The van der Waals surface area contributed by atoms with E-state index in [1.54, 1.807) is 6.92 Å². The largest absolute Gasteiger partial charge is 0.355 e. The molecule has 0 fully saturated rings. The van der Waals surface area contributed by atoms with Crippen molar-refractivity contribution in [3.63, 3.8) is 0 Å². The molecule has 0 unspecified atom stereocenters. The highest BCUT2D eigenvalue weighted by Gasteiger charge is 2.13. The van der Waals surface area contributed by atoms with Crippen LogP contribution in [0.25, 0.3) is 10.2 Å². The highest BCUT2D eigenvalue weighted by molar-refractivity contribution is 7.18. The minimum Gasteiger partial charge on any atom is -0.355 e. The number of amides is 1. The molecule has 0 aliphatic heterocycles. The van der Waals surface area contributed by atoms with Crippen LogP contribution in [0.3, 0.4) is 0 Å². The van der Waals surface area contributed by atoms with Crippen LogP contribution in [0.15, 0.2) is 9.59 Å². The molecule has 3 heterocycles. The van der Waals surface area contributed by atoms with Crippen molar-refractivity contribution in [2.45, 2.75) is 33.6 Å². The van der Waals surface area contributed by atoms with Gasteiger partial charge in [0, 0.05) is 29.1 Å². The molecule has 0 radical (unpaired) electrons. The molecule has 8 nitrogen and oxygen atoms in total. The standard InChI is InChI=1S/C16H19N5O3S/c1-7-9(3)25-16-13(7)15(24)18-11(19-16)4-5-17-12(22)6-10-8(2)20-21-14(10)23/h4-6H2,1-3H3,(H,17,22)(H,18,19,24)(H2,20,21,23). The Morgan fingerprint density at radius 1 is 1.16 bits per heavy atom. The first-order valence-corrected chi connectivity index (χ1v) is 8.70.